The van der Waals surface area contributed by atoms with E-state index in [1.807, 2.05) is 26.0 Å². The molecule has 4 N–H and O–H groups in total. The molecule has 1 rings (SSSR count). The summed E-state index contributed by atoms with van der Waals surface area (Å²) in [5.41, 5.74) is 15.5. The number of aryl methyl sites for hydroxylation is 2. The average Bonchev–Trinajstić information content (AvgIpc) is 2.11. The van der Waals surface area contributed by atoms with Crippen LogP contribution in [0.25, 0.3) is 0 Å². The first-order chi connectivity index (χ1) is 6.56. The topological polar surface area (TPSA) is 75.8 Å². The maximum atomic E-state index is 8.56. The molecule has 1 atom stereocenters. The predicted octanol–water partition coefficient (Wildman–Crippen LogP) is 1.80. The normalized spacial score (nSPS) is 12.1. The first kappa shape index (κ1) is 10.6. The summed E-state index contributed by atoms with van der Waals surface area (Å²) >= 11 is 0. The van der Waals surface area contributed by atoms with Crippen LogP contribution in [0.1, 0.15) is 29.2 Å². The molecule has 0 aromatic heterocycles. The molecule has 3 nitrogen and oxygen atoms in total. The molecule has 1 unspecified atom stereocenters. The molecule has 0 aliphatic rings. The number of nitrogens with two attached hydrogens (primary N) is 2. The van der Waals surface area contributed by atoms with Gasteiger partial charge in [-0.25, -0.2) is 0 Å². The van der Waals surface area contributed by atoms with Crippen LogP contribution in [-0.2, 0) is 0 Å². The van der Waals surface area contributed by atoms with Crippen LogP contribution in [0.4, 0.5) is 5.69 Å². The fourth-order valence-electron chi connectivity index (χ4n) is 1.53. The quantitative estimate of drug-likeness (QED) is 0.696. The summed E-state index contributed by atoms with van der Waals surface area (Å²) in [5.74, 6) is 0. The molecule has 1 aromatic rings. The van der Waals surface area contributed by atoms with Crippen molar-refractivity contribution in [1.29, 1.82) is 5.26 Å². The Kier molecular flexibility index (Phi) is 3.10. The van der Waals surface area contributed by atoms with Crippen molar-refractivity contribution in [2.24, 2.45) is 5.73 Å². The lowest BCUT2D eigenvalue weighted by Crippen LogP contribution is -2.12. The highest BCUT2D eigenvalue weighted by Crippen LogP contribution is 2.25. The van der Waals surface area contributed by atoms with Gasteiger partial charge in [0.2, 0.25) is 0 Å². The molecule has 0 saturated carbocycles. The molecule has 1 aromatic carbocycles. The van der Waals surface area contributed by atoms with Crippen LogP contribution in [-0.4, -0.2) is 0 Å². The summed E-state index contributed by atoms with van der Waals surface area (Å²) in [6.07, 6.45) is 0.299. The van der Waals surface area contributed by atoms with Crippen molar-refractivity contribution in [2.75, 3.05) is 5.73 Å². The molecule has 3 heteroatoms. The van der Waals surface area contributed by atoms with Gasteiger partial charge in [0.25, 0.3) is 0 Å². The molecule has 0 radical (unpaired) electrons. The molecule has 0 fully saturated rings. The lowest BCUT2D eigenvalue weighted by Gasteiger charge is -2.14. The molecule has 0 bridgehead atoms. The van der Waals surface area contributed by atoms with Crippen LogP contribution in [0.5, 0.6) is 0 Å². The molecule has 0 amide bonds. The van der Waals surface area contributed by atoms with E-state index in [2.05, 4.69) is 6.07 Å². The number of hydrogen-bond donors (Lipinski definition) is 2. The minimum atomic E-state index is -0.279. The van der Waals surface area contributed by atoms with Gasteiger partial charge in [0, 0.05) is 11.7 Å². The van der Waals surface area contributed by atoms with Gasteiger partial charge in [0.05, 0.1) is 12.5 Å². The van der Waals surface area contributed by atoms with Gasteiger partial charge in [-0.15, -0.1) is 0 Å². The summed E-state index contributed by atoms with van der Waals surface area (Å²) in [7, 11) is 0. The van der Waals surface area contributed by atoms with Crippen molar-refractivity contribution >= 4 is 5.69 Å². The lowest BCUT2D eigenvalue weighted by atomic mass is 9.98. The van der Waals surface area contributed by atoms with Crippen LogP contribution < -0.4 is 11.5 Å². The summed E-state index contributed by atoms with van der Waals surface area (Å²) in [6.45, 7) is 3.94. The number of nitrogens with zero attached hydrogens (tertiary/aromatic N) is 1. The van der Waals surface area contributed by atoms with Crippen molar-refractivity contribution in [2.45, 2.75) is 26.3 Å². The highest BCUT2D eigenvalue weighted by molar-refractivity contribution is 5.56. The third kappa shape index (κ3) is 2.04. The molecule has 0 spiro atoms. The molecule has 0 aliphatic heterocycles. The van der Waals surface area contributed by atoms with Crippen LogP contribution in [0.15, 0.2) is 12.1 Å². The van der Waals surface area contributed by atoms with Crippen molar-refractivity contribution in [3.05, 3.63) is 28.8 Å². The van der Waals surface area contributed by atoms with Crippen molar-refractivity contribution < 1.29 is 0 Å². The Morgan fingerprint density at radius 1 is 1.43 bits per heavy atom. The zero-order chi connectivity index (χ0) is 10.7. The standard InChI is InChI=1S/C11H15N3/c1-7-5-8(2)11(14)9(6-7)10(13)3-4-12/h5-6,10H,3,13-14H2,1-2H3. The van der Waals surface area contributed by atoms with Gasteiger partial charge in [-0.1, -0.05) is 17.7 Å². The smallest absolute Gasteiger partial charge is 0.0641 e. The average molecular weight is 189 g/mol. The van der Waals surface area contributed by atoms with Gasteiger partial charge in [0.15, 0.2) is 0 Å². The molecular weight excluding hydrogens is 174 g/mol. The lowest BCUT2D eigenvalue weighted by molar-refractivity contribution is 0.749. The van der Waals surface area contributed by atoms with E-state index in [1.165, 1.54) is 0 Å². The molecule has 74 valence electrons. The second-order valence-corrected chi connectivity index (χ2v) is 3.55. The Labute approximate surface area is 84.3 Å². The second-order valence-electron chi connectivity index (χ2n) is 3.55. The maximum absolute atomic E-state index is 8.56. The number of benzene rings is 1. The van der Waals surface area contributed by atoms with E-state index in [4.69, 9.17) is 16.7 Å². The van der Waals surface area contributed by atoms with Crippen LogP contribution in [0.3, 0.4) is 0 Å². The van der Waals surface area contributed by atoms with E-state index in [9.17, 15) is 0 Å². The first-order valence-corrected chi connectivity index (χ1v) is 4.55. The molecule has 14 heavy (non-hydrogen) atoms. The minimum absolute atomic E-state index is 0.279. The summed E-state index contributed by atoms with van der Waals surface area (Å²) < 4.78 is 0. The molecule has 0 saturated heterocycles. The van der Waals surface area contributed by atoms with E-state index < -0.39 is 0 Å². The third-order valence-electron chi connectivity index (χ3n) is 2.27. The van der Waals surface area contributed by atoms with E-state index >= 15 is 0 Å². The van der Waals surface area contributed by atoms with E-state index in [1.54, 1.807) is 0 Å². The van der Waals surface area contributed by atoms with Crippen LogP contribution in [0, 0.1) is 25.2 Å². The highest BCUT2D eigenvalue weighted by atomic mass is 14.7. The van der Waals surface area contributed by atoms with Gasteiger partial charge in [-0.3, -0.25) is 0 Å². The van der Waals surface area contributed by atoms with Gasteiger partial charge in [-0.05, 0) is 25.0 Å². The van der Waals surface area contributed by atoms with Crippen LogP contribution >= 0.6 is 0 Å². The fraction of sp³-hybridized carbons (Fsp3) is 0.364. The number of hydrogen-bond acceptors (Lipinski definition) is 3. The SMILES string of the molecule is Cc1cc(C)c(N)c(C(N)CC#N)c1. The Morgan fingerprint density at radius 2 is 2.07 bits per heavy atom. The molecular formula is C11H15N3. The largest absolute Gasteiger partial charge is 0.398 e. The Hall–Kier alpha value is -1.53. The zero-order valence-electron chi connectivity index (χ0n) is 8.54. The first-order valence-electron chi connectivity index (χ1n) is 4.55. The Morgan fingerprint density at radius 3 is 2.64 bits per heavy atom. The summed E-state index contributed by atoms with van der Waals surface area (Å²) in [6, 6.07) is 5.73. The van der Waals surface area contributed by atoms with E-state index in [-0.39, 0.29) is 6.04 Å². The predicted molar refractivity (Wildman–Crippen MR) is 57.5 cm³/mol. The van der Waals surface area contributed by atoms with Crippen LogP contribution in [0.2, 0.25) is 0 Å². The van der Waals surface area contributed by atoms with Crippen molar-refractivity contribution in [1.82, 2.24) is 0 Å². The van der Waals surface area contributed by atoms with Gasteiger partial charge < -0.3 is 11.5 Å². The van der Waals surface area contributed by atoms with Gasteiger partial charge in [0.1, 0.15) is 0 Å². The minimum Gasteiger partial charge on any atom is -0.398 e. The Balaban J connectivity index is 3.14. The fourth-order valence-corrected chi connectivity index (χ4v) is 1.53. The number of nitrogen functional groups attached to an aromatic ring is 1. The van der Waals surface area contributed by atoms with Crippen molar-refractivity contribution in [3.63, 3.8) is 0 Å². The van der Waals surface area contributed by atoms with E-state index in [0.717, 1.165) is 16.7 Å². The maximum Gasteiger partial charge on any atom is 0.0641 e. The van der Waals surface area contributed by atoms with Gasteiger partial charge in [-0.2, -0.15) is 5.26 Å². The molecule has 0 aliphatic carbocycles. The number of anilines is 1. The second kappa shape index (κ2) is 4.12. The summed E-state index contributed by atoms with van der Waals surface area (Å²) in [5, 5.41) is 8.56. The summed E-state index contributed by atoms with van der Waals surface area (Å²) in [4.78, 5) is 0. The van der Waals surface area contributed by atoms with Crippen molar-refractivity contribution in [3.8, 4) is 6.07 Å². The third-order valence-corrected chi connectivity index (χ3v) is 2.27. The van der Waals surface area contributed by atoms with E-state index in [0.29, 0.717) is 12.1 Å². The monoisotopic (exact) mass is 189 g/mol. The highest BCUT2D eigenvalue weighted by Gasteiger charge is 2.11. The molecule has 0 heterocycles. The number of rotatable bonds is 2. The zero-order valence-corrected chi connectivity index (χ0v) is 8.54. The Bertz CT molecular complexity index is 377. The van der Waals surface area contributed by atoms with Gasteiger partial charge >= 0.3 is 0 Å². The number of nitriles is 1.